The van der Waals surface area contributed by atoms with Crippen LogP contribution >= 0.6 is 0 Å². The molecule has 3 aromatic rings. The van der Waals surface area contributed by atoms with Gasteiger partial charge >= 0.3 is 0 Å². The number of nitrogens with zero attached hydrogens (tertiary/aromatic N) is 6. The minimum absolute atomic E-state index is 0.117. The lowest BCUT2D eigenvalue weighted by atomic mass is 9.96. The molecular weight excluding hydrogens is 428 g/mol. The van der Waals surface area contributed by atoms with Crippen LogP contribution < -0.4 is 10.6 Å². The molecule has 0 atom stereocenters. The fourth-order valence-corrected chi connectivity index (χ4v) is 3.76. The van der Waals surface area contributed by atoms with Crippen molar-refractivity contribution in [3.63, 3.8) is 0 Å². The molecule has 0 spiro atoms. The predicted molar refractivity (Wildman–Crippen MR) is 137 cm³/mol. The fourth-order valence-electron chi connectivity index (χ4n) is 3.76. The number of nitrogens with one attached hydrogen (secondary N) is 2. The Balaban J connectivity index is 1.78. The van der Waals surface area contributed by atoms with Gasteiger partial charge in [-0.1, -0.05) is 72.6 Å². The molecule has 0 unspecified atom stereocenters. The number of hydrogen-bond donors (Lipinski definition) is 2. The van der Waals surface area contributed by atoms with Crippen LogP contribution in [0.5, 0.6) is 0 Å². The van der Waals surface area contributed by atoms with Gasteiger partial charge in [-0.15, -0.1) is 0 Å². The highest BCUT2D eigenvalue weighted by Crippen LogP contribution is 2.26. The first-order valence-corrected chi connectivity index (χ1v) is 12.7. The zero-order valence-corrected chi connectivity index (χ0v) is 21.4. The number of amides is 1. The van der Waals surface area contributed by atoms with Gasteiger partial charge in [0.25, 0.3) is 0 Å². The minimum Gasteiger partial charge on any atom is -0.354 e. The van der Waals surface area contributed by atoms with E-state index < -0.39 is 5.41 Å². The largest absolute Gasteiger partial charge is 0.354 e. The second kappa shape index (κ2) is 11.9. The molecule has 3 aromatic heterocycles. The highest BCUT2D eigenvalue weighted by molar-refractivity contribution is 6.00. The summed E-state index contributed by atoms with van der Waals surface area (Å²) in [4.78, 5) is 26.9. The molecule has 1 amide bonds. The number of imidazole rings is 1. The molecule has 0 saturated carbocycles. The van der Waals surface area contributed by atoms with E-state index in [0.717, 1.165) is 13.0 Å². The van der Waals surface area contributed by atoms with Gasteiger partial charge in [0.15, 0.2) is 17.0 Å². The van der Waals surface area contributed by atoms with Crippen molar-refractivity contribution in [1.29, 1.82) is 0 Å². The zero-order valence-electron chi connectivity index (χ0n) is 21.4. The smallest absolute Gasteiger partial charge is 0.233 e. The van der Waals surface area contributed by atoms with Crippen LogP contribution in [0.15, 0.2) is 18.5 Å². The third kappa shape index (κ3) is 6.55. The van der Waals surface area contributed by atoms with Crippen molar-refractivity contribution in [1.82, 2.24) is 29.3 Å². The molecular formula is C25H40N8O. The number of carbonyl (C=O) groups excluding carboxylic acids is 1. The Hall–Kier alpha value is -2.97. The van der Waals surface area contributed by atoms with Crippen molar-refractivity contribution in [3.05, 3.63) is 18.5 Å². The molecule has 3 rings (SSSR count). The van der Waals surface area contributed by atoms with Crippen LogP contribution in [0.4, 0.5) is 11.8 Å². The summed E-state index contributed by atoms with van der Waals surface area (Å²) in [6.45, 7) is 11.4. The Labute approximate surface area is 202 Å². The molecule has 9 heteroatoms. The van der Waals surface area contributed by atoms with Crippen molar-refractivity contribution in [2.75, 3.05) is 17.2 Å². The van der Waals surface area contributed by atoms with E-state index in [9.17, 15) is 4.79 Å². The molecule has 0 aliphatic carbocycles. The van der Waals surface area contributed by atoms with E-state index in [1.54, 1.807) is 10.9 Å². The molecule has 9 nitrogen and oxygen atoms in total. The average molecular weight is 469 g/mol. The first-order valence-electron chi connectivity index (χ1n) is 12.7. The van der Waals surface area contributed by atoms with Gasteiger partial charge < -0.3 is 10.6 Å². The van der Waals surface area contributed by atoms with Gasteiger partial charge in [0.2, 0.25) is 17.8 Å². The monoisotopic (exact) mass is 468 g/mol. The predicted octanol–water partition coefficient (Wildman–Crippen LogP) is 5.57. The summed E-state index contributed by atoms with van der Waals surface area (Å²) in [5.41, 5.74) is 0.674. The Morgan fingerprint density at radius 3 is 2.29 bits per heavy atom. The first kappa shape index (κ1) is 25.6. The van der Waals surface area contributed by atoms with Crippen LogP contribution in [-0.4, -0.2) is 41.8 Å². The molecule has 0 aliphatic rings. The second-order valence-electron chi connectivity index (χ2n) is 9.78. The van der Waals surface area contributed by atoms with E-state index in [-0.39, 0.29) is 5.91 Å². The summed E-state index contributed by atoms with van der Waals surface area (Å²) in [5.74, 6) is 1.45. The number of aryl methyl sites for hydroxylation is 1. The summed E-state index contributed by atoms with van der Waals surface area (Å²) in [7, 11) is 0. The number of anilines is 2. The van der Waals surface area contributed by atoms with E-state index in [4.69, 9.17) is 9.97 Å². The summed E-state index contributed by atoms with van der Waals surface area (Å²) in [5, 5.41) is 10.7. The molecule has 3 heterocycles. The number of fused-ring (bicyclic) bond motifs is 1. The van der Waals surface area contributed by atoms with Gasteiger partial charge in [-0.3, -0.25) is 9.36 Å². The van der Waals surface area contributed by atoms with Crippen LogP contribution in [-0.2, 0) is 11.3 Å². The van der Waals surface area contributed by atoms with E-state index in [2.05, 4.69) is 27.6 Å². The van der Waals surface area contributed by atoms with E-state index >= 15 is 0 Å². The molecule has 0 fully saturated rings. The molecule has 0 saturated heterocycles. The molecule has 0 aliphatic heterocycles. The maximum Gasteiger partial charge on any atom is 0.233 e. The quantitative estimate of drug-likeness (QED) is 0.318. The standard InChI is InChI=1S/C25H40N8O/c1-6-8-9-10-11-12-13-14-16-26-23-30-20(29-22(34)25(3,4)5)19-21(31-23)32(7-2)24(28-19)33-18-15-17-27-33/h15,17-18H,6-14,16H2,1-5H3,(H2,26,29,30,31,34). The minimum atomic E-state index is -0.555. The molecule has 34 heavy (non-hydrogen) atoms. The first-order chi connectivity index (χ1) is 16.3. The van der Waals surface area contributed by atoms with Crippen molar-refractivity contribution in [2.45, 2.75) is 92.5 Å². The normalized spacial score (nSPS) is 11.8. The van der Waals surface area contributed by atoms with Gasteiger partial charge in [0.05, 0.1) is 0 Å². The molecule has 0 radical (unpaired) electrons. The fraction of sp³-hybridized carbons (Fsp3) is 0.640. The summed E-state index contributed by atoms with van der Waals surface area (Å²) < 4.78 is 3.69. The highest BCUT2D eigenvalue weighted by Gasteiger charge is 2.25. The zero-order chi connectivity index (χ0) is 24.6. The van der Waals surface area contributed by atoms with Crippen LogP contribution in [0.25, 0.3) is 17.1 Å². The Morgan fingerprint density at radius 2 is 1.68 bits per heavy atom. The lowest BCUT2D eigenvalue weighted by Crippen LogP contribution is -2.28. The van der Waals surface area contributed by atoms with E-state index in [1.165, 1.54) is 44.9 Å². The average Bonchev–Trinajstić information content (AvgIpc) is 3.45. The summed E-state index contributed by atoms with van der Waals surface area (Å²) >= 11 is 0. The van der Waals surface area contributed by atoms with E-state index in [1.807, 2.05) is 44.5 Å². The van der Waals surface area contributed by atoms with Crippen molar-refractivity contribution >= 4 is 28.8 Å². The molecule has 0 aromatic carbocycles. The second-order valence-corrected chi connectivity index (χ2v) is 9.78. The molecule has 2 N–H and O–H groups in total. The van der Waals surface area contributed by atoms with Gasteiger partial charge in [0.1, 0.15) is 0 Å². The summed E-state index contributed by atoms with van der Waals surface area (Å²) in [6.07, 6.45) is 13.7. The SMILES string of the molecule is CCCCCCCCCCNc1nc(NC(=O)C(C)(C)C)c2nc(-n3cccn3)n(CC)c2n1. The van der Waals surface area contributed by atoms with Crippen molar-refractivity contribution in [3.8, 4) is 5.95 Å². The van der Waals surface area contributed by atoms with Crippen LogP contribution in [0.1, 0.15) is 86.0 Å². The van der Waals surface area contributed by atoms with Gasteiger partial charge in [0, 0.05) is 30.9 Å². The van der Waals surface area contributed by atoms with Crippen LogP contribution in [0.3, 0.4) is 0 Å². The van der Waals surface area contributed by atoms with Gasteiger partial charge in [-0.2, -0.15) is 15.1 Å². The van der Waals surface area contributed by atoms with Crippen LogP contribution in [0.2, 0.25) is 0 Å². The number of aromatic nitrogens is 6. The van der Waals surface area contributed by atoms with Crippen molar-refractivity contribution in [2.24, 2.45) is 5.41 Å². The lowest BCUT2D eigenvalue weighted by molar-refractivity contribution is -0.123. The lowest BCUT2D eigenvalue weighted by Gasteiger charge is -2.17. The third-order valence-electron chi connectivity index (χ3n) is 5.83. The maximum atomic E-state index is 12.8. The van der Waals surface area contributed by atoms with Crippen molar-refractivity contribution < 1.29 is 4.79 Å². The Morgan fingerprint density at radius 1 is 0.971 bits per heavy atom. The third-order valence-corrected chi connectivity index (χ3v) is 5.83. The van der Waals surface area contributed by atoms with Crippen LogP contribution in [0, 0.1) is 5.41 Å². The Kier molecular flexibility index (Phi) is 9.01. The highest BCUT2D eigenvalue weighted by atomic mass is 16.2. The maximum absolute atomic E-state index is 12.8. The van der Waals surface area contributed by atoms with Gasteiger partial charge in [-0.25, -0.2) is 9.67 Å². The number of unbranched alkanes of at least 4 members (excludes halogenated alkanes) is 7. The van der Waals surface area contributed by atoms with Gasteiger partial charge in [-0.05, 0) is 19.4 Å². The number of rotatable bonds is 13. The summed E-state index contributed by atoms with van der Waals surface area (Å²) in [6, 6.07) is 1.85. The molecule has 186 valence electrons. The Bertz CT molecular complexity index is 1050. The number of hydrogen-bond acceptors (Lipinski definition) is 6. The number of carbonyl (C=O) groups is 1. The molecule has 0 bridgehead atoms. The van der Waals surface area contributed by atoms with E-state index in [0.29, 0.717) is 35.4 Å². The topological polar surface area (TPSA) is 103 Å².